The number of piperidine rings is 2. The number of pyridine rings is 1. The third-order valence-corrected chi connectivity index (χ3v) is 9.76. The van der Waals surface area contributed by atoms with Gasteiger partial charge in [-0.25, -0.2) is 32.2 Å². The number of hydrogen-bond acceptors (Lipinski definition) is 9. The minimum atomic E-state index is -3.73. The third-order valence-electron chi connectivity index (χ3n) is 8.49. The average Bonchev–Trinajstić information content (AvgIpc) is 3.66. The maximum Gasteiger partial charge on any atom is 0.251 e. The van der Waals surface area contributed by atoms with Crippen molar-refractivity contribution in [2.24, 2.45) is 5.41 Å². The molecule has 0 unspecified atom stereocenters. The number of nitrogens with one attached hydrogen (secondary N) is 2. The topological polar surface area (TPSA) is 124 Å². The van der Waals surface area contributed by atoms with Gasteiger partial charge in [0.1, 0.15) is 18.0 Å². The van der Waals surface area contributed by atoms with Crippen LogP contribution >= 0.6 is 0 Å². The molecule has 6 rings (SSSR count). The van der Waals surface area contributed by atoms with E-state index in [9.17, 15) is 22.3 Å². The molecule has 0 amide bonds. The summed E-state index contributed by atoms with van der Waals surface area (Å²) in [6.45, 7) is 3.53. The van der Waals surface area contributed by atoms with Crippen molar-refractivity contribution in [3.05, 3.63) is 36.3 Å². The van der Waals surface area contributed by atoms with E-state index in [2.05, 4.69) is 29.9 Å². The number of aromatic nitrogens is 3. The average molecular weight is 588 g/mol. The molecule has 3 aromatic rings. The minimum Gasteiger partial charge on any atom is -0.395 e. The van der Waals surface area contributed by atoms with Gasteiger partial charge in [0.25, 0.3) is 5.92 Å². The van der Waals surface area contributed by atoms with Crippen LogP contribution in [0.15, 0.2) is 30.6 Å². The number of benzene rings is 1. The van der Waals surface area contributed by atoms with Gasteiger partial charge in [-0.15, -0.1) is 0 Å². The Morgan fingerprint density at radius 1 is 0.927 bits per heavy atom. The predicted octanol–water partition coefficient (Wildman–Crippen LogP) is 4.43. The Balaban J connectivity index is 1.36. The zero-order chi connectivity index (χ0) is 28.8. The van der Waals surface area contributed by atoms with E-state index < -0.39 is 28.3 Å². The van der Waals surface area contributed by atoms with E-state index in [-0.39, 0.29) is 25.9 Å². The molecule has 3 fully saturated rings. The van der Waals surface area contributed by atoms with Crippen molar-refractivity contribution in [3.63, 3.8) is 0 Å². The summed E-state index contributed by atoms with van der Waals surface area (Å²) in [6.07, 6.45) is 5.70. The molecule has 3 aliphatic rings. The van der Waals surface area contributed by atoms with Crippen molar-refractivity contribution in [1.82, 2.24) is 15.0 Å². The number of nitrogens with zero attached hydrogens (tertiary/aromatic N) is 5. The van der Waals surface area contributed by atoms with Crippen molar-refractivity contribution in [3.8, 4) is 0 Å². The smallest absolute Gasteiger partial charge is 0.251 e. The second kappa shape index (κ2) is 10.5. The number of aryl methyl sites for hydroxylation is 1. The normalized spacial score (nSPS) is 19.9. The number of anilines is 5. The van der Waals surface area contributed by atoms with Crippen LogP contribution in [0, 0.1) is 12.3 Å². The molecule has 4 heterocycles. The predicted molar refractivity (Wildman–Crippen MR) is 156 cm³/mol. The summed E-state index contributed by atoms with van der Waals surface area (Å²) in [5.74, 6) is -1.85. The Bertz CT molecular complexity index is 1550. The molecule has 1 saturated carbocycles. The van der Waals surface area contributed by atoms with Gasteiger partial charge in [-0.3, -0.25) is 4.72 Å². The lowest BCUT2D eigenvalue weighted by Crippen LogP contribution is -2.39. The molecule has 1 spiro atoms. The van der Waals surface area contributed by atoms with Gasteiger partial charge >= 0.3 is 0 Å². The number of alkyl halides is 2. The molecular weight excluding hydrogens is 552 g/mol. The van der Waals surface area contributed by atoms with E-state index in [0.717, 1.165) is 48.4 Å². The molecule has 0 radical (unpaired) electrons. The van der Waals surface area contributed by atoms with Crippen LogP contribution in [0.25, 0.3) is 10.9 Å². The molecule has 0 bridgehead atoms. The van der Waals surface area contributed by atoms with Crippen LogP contribution in [0.4, 0.5) is 37.5 Å². The van der Waals surface area contributed by atoms with Crippen LogP contribution in [0.1, 0.15) is 44.2 Å². The lowest BCUT2D eigenvalue weighted by molar-refractivity contribution is -0.0221. The van der Waals surface area contributed by atoms with Crippen LogP contribution in [0.5, 0.6) is 0 Å². The summed E-state index contributed by atoms with van der Waals surface area (Å²) in [5, 5.41) is 13.4. The number of hydrogen-bond donors (Lipinski definition) is 3. The molecular formula is C28H35F2N7O3S. The molecule has 220 valence electrons. The van der Waals surface area contributed by atoms with Crippen LogP contribution < -0.4 is 19.8 Å². The number of sulfonamides is 1. The summed E-state index contributed by atoms with van der Waals surface area (Å²) < 4.78 is 55.0. The van der Waals surface area contributed by atoms with Gasteiger partial charge in [0.2, 0.25) is 10.0 Å². The van der Waals surface area contributed by atoms with Crippen LogP contribution in [0.3, 0.4) is 0 Å². The molecule has 2 aliphatic heterocycles. The highest BCUT2D eigenvalue weighted by Gasteiger charge is 2.44. The van der Waals surface area contributed by atoms with Gasteiger partial charge in [-0.1, -0.05) is 0 Å². The molecule has 1 aliphatic carbocycles. The monoisotopic (exact) mass is 587 g/mol. The van der Waals surface area contributed by atoms with Crippen LogP contribution in [0.2, 0.25) is 0 Å². The number of halogens is 2. The summed E-state index contributed by atoms with van der Waals surface area (Å²) in [6, 6.07) is 7.21. The van der Waals surface area contributed by atoms with E-state index in [4.69, 9.17) is 0 Å². The first kappa shape index (κ1) is 27.8. The zero-order valence-electron chi connectivity index (χ0n) is 23.0. The second-order valence-electron chi connectivity index (χ2n) is 11.6. The molecule has 1 aromatic carbocycles. The first-order chi connectivity index (χ1) is 19.5. The Hall–Kier alpha value is -3.32. The van der Waals surface area contributed by atoms with Crippen molar-refractivity contribution >= 4 is 49.6 Å². The van der Waals surface area contributed by atoms with Crippen molar-refractivity contribution < 1.29 is 22.3 Å². The molecule has 2 aromatic heterocycles. The first-order valence-corrected chi connectivity index (χ1v) is 15.7. The van der Waals surface area contributed by atoms with E-state index >= 15 is 0 Å². The molecule has 3 N–H and O–H groups in total. The Morgan fingerprint density at radius 3 is 2.32 bits per heavy atom. The van der Waals surface area contributed by atoms with Crippen LogP contribution in [-0.4, -0.2) is 72.9 Å². The number of fused-ring (bicyclic) bond motifs is 1. The number of aliphatic hydroxyl groups is 1. The van der Waals surface area contributed by atoms with Gasteiger partial charge in [-0.05, 0) is 56.2 Å². The highest BCUT2D eigenvalue weighted by Crippen LogP contribution is 2.54. The lowest BCUT2D eigenvalue weighted by Gasteiger charge is -2.35. The van der Waals surface area contributed by atoms with E-state index in [1.165, 1.54) is 19.2 Å². The molecule has 10 nitrogen and oxygen atoms in total. The molecule has 0 atom stereocenters. The van der Waals surface area contributed by atoms with Gasteiger partial charge in [-0.2, -0.15) is 0 Å². The summed E-state index contributed by atoms with van der Waals surface area (Å²) >= 11 is 0. The SMILES string of the molecule is Cc1cc(Nc2ncnc3cc(NS(=O)(=O)CCO)cc(N4CCC5(CC4)CC5)c23)cc(N2CCC(F)(F)CC2)n1. The maximum atomic E-state index is 13.8. The van der Waals surface area contributed by atoms with E-state index in [1.807, 2.05) is 30.0 Å². The molecule has 2 saturated heterocycles. The molecule has 13 heteroatoms. The maximum absolute atomic E-state index is 13.8. The highest BCUT2D eigenvalue weighted by molar-refractivity contribution is 7.92. The summed E-state index contributed by atoms with van der Waals surface area (Å²) in [7, 11) is -3.73. The Kier molecular flexibility index (Phi) is 7.13. The fraction of sp³-hybridized carbons (Fsp3) is 0.536. The fourth-order valence-corrected chi connectivity index (χ4v) is 6.73. The van der Waals surface area contributed by atoms with Crippen molar-refractivity contribution in [1.29, 1.82) is 0 Å². The second-order valence-corrected chi connectivity index (χ2v) is 13.4. The Morgan fingerprint density at radius 2 is 1.63 bits per heavy atom. The standard InChI is InChI=1S/C28H35F2N7O3S/c1-19-14-20(17-24(33-19)37-10-6-28(29,30)7-11-37)34-26-25-22(31-18-32-26)15-21(35-41(39,40)13-12-38)16-23(25)36-8-4-27(2-3-27)5-9-36/h14-18,35,38H,2-13H2,1H3,(H,31,32,33,34). The van der Waals surface area contributed by atoms with Crippen molar-refractivity contribution in [2.75, 3.05) is 58.4 Å². The Labute approximate surface area is 238 Å². The van der Waals surface area contributed by atoms with Gasteiger partial charge < -0.3 is 20.2 Å². The minimum absolute atomic E-state index is 0.202. The quantitative estimate of drug-likeness (QED) is 0.351. The third kappa shape index (κ3) is 6.15. The lowest BCUT2D eigenvalue weighted by atomic mass is 9.93. The van der Waals surface area contributed by atoms with Gasteiger partial charge in [0.15, 0.2) is 0 Å². The van der Waals surface area contributed by atoms with E-state index in [0.29, 0.717) is 28.3 Å². The molecule has 41 heavy (non-hydrogen) atoms. The fourth-order valence-electron chi connectivity index (χ4n) is 5.91. The van der Waals surface area contributed by atoms with Crippen LogP contribution in [-0.2, 0) is 10.0 Å². The van der Waals surface area contributed by atoms with E-state index in [1.54, 1.807) is 6.07 Å². The van der Waals surface area contributed by atoms with Crippen molar-refractivity contribution in [2.45, 2.75) is 51.4 Å². The van der Waals surface area contributed by atoms with Gasteiger partial charge in [0.05, 0.1) is 34.6 Å². The number of aliphatic hydroxyl groups excluding tert-OH is 1. The van der Waals surface area contributed by atoms with Gasteiger partial charge in [0, 0.05) is 56.5 Å². The first-order valence-electron chi connectivity index (χ1n) is 14.1. The zero-order valence-corrected chi connectivity index (χ0v) is 23.9. The highest BCUT2D eigenvalue weighted by atomic mass is 32.2. The largest absolute Gasteiger partial charge is 0.395 e. The number of rotatable bonds is 8. The summed E-state index contributed by atoms with van der Waals surface area (Å²) in [5.41, 5.74) is 3.69. The summed E-state index contributed by atoms with van der Waals surface area (Å²) in [4.78, 5) is 17.8.